The van der Waals surface area contributed by atoms with Gasteiger partial charge in [0.05, 0.1) is 12.8 Å². The highest BCUT2D eigenvalue weighted by Gasteiger charge is 2.09. The molecule has 1 aliphatic rings. The molecule has 1 aliphatic heterocycles. The van der Waals surface area contributed by atoms with Crippen LogP contribution < -0.4 is 15.4 Å². The molecule has 0 aliphatic carbocycles. The molecule has 0 radical (unpaired) electrons. The SMILES string of the molecule is COc1ccc(Cl)cc1NCCC(=O)NCCCN1CCCCCC1. The number of anilines is 1. The molecule has 0 spiro atoms. The predicted molar refractivity (Wildman–Crippen MR) is 104 cm³/mol. The van der Waals surface area contributed by atoms with Crippen molar-refractivity contribution < 1.29 is 9.53 Å². The Labute approximate surface area is 156 Å². The van der Waals surface area contributed by atoms with Crippen LogP contribution in [0.3, 0.4) is 0 Å². The zero-order valence-electron chi connectivity index (χ0n) is 15.2. The molecule has 0 aromatic heterocycles. The molecule has 0 saturated carbocycles. The lowest BCUT2D eigenvalue weighted by molar-refractivity contribution is -0.120. The number of nitrogens with zero attached hydrogens (tertiary/aromatic N) is 1. The number of likely N-dealkylation sites (tertiary alicyclic amines) is 1. The van der Waals surface area contributed by atoms with Gasteiger partial charge in [-0.1, -0.05) is 24.4 Å². The molecule has 1 aromatic carbocycles. The fraction of sp³-hybridized carbons (Fsp3) is 0.632. The summed E-state index contributed by atoms with van der Waals surface area (Å²) in [6, 6.07) is 5.40. The van der Waals surface area contributed by atoms with E-state index in [0.717, 1.165) is 30.9 Å². The van der Waals surface area contributed by atoms with Crippen LogP contribution in [0.15, 0.2) is 18.2 Å². The standard InChI is InChI=1S/C19H30ClN3O2/c1-25-18-8-7-16(20)15-17(18)21-11-9-19(24)22-10-6-14-23-12-4-2-3-5-13-23/h7-8,15,21H,2-6,9-14H2,1H3,(H,22,24). The van der Waals surface area contributed by atoms with Gasteiger partial charge in [-0.05, 0) is 57.1 Å². The summed E-state index contributed by atoms with van der Waals surface area (Å²) in [5, 5.41) is 6.85. The maximum Gasteiger partial charge on any atom is 0.221 e. The number of carbonyl (C=O) groups excluding carboxylic acids is 1. The first kappa shape index (κ1) is 19.9. The summed E-state index contributed by atoms with van der Waals surface area (Å²) in [6.07, 6.45) is 6.78. The third-order valence-corrected chi connectivity index (χ3v) is 4.74. The average molecular weight is 368 g/mol. The van der Waals surface area contributed by atoms with Gasteiger partial charge in [-0.15, -0.1) is 0 Å². The first-order chi connectivity index (χ1) is 12.2. The topological polar surface area (TPSA) is 53.6 Å². The summed E-state index contributed by atoms with van der Waals surface area (Å²) >= 11 is 6.00. The van der Waals surface area contributed by atoms with Gasteiger partial charge in [0, 0.05) is 24.5 Å². The molecule has 0 unspecified atom stereocenters. The van der Waals surface area contributed by atoms with Crippen LogP contribution in [0.1, 0.15) is 38.5 Å². The molecule has 140 valence electrons. The highest BCUT2D eigenvalue weighted by atomic mass is 35.5. The number of ether oxygens (including phenoxy) is 1. The number of amides is 1. The zero-order valence-corrected chi connectivity index (χ0v) is 15.9. The minimum Gasteiger partial charge on any atom is -0.495 e. The number of hydrogen-bond acceptors (Lipinski definition) is 4. The van der Waals surface area contributed by atoms with E-state index in [1.807, 2.05) is 6.07 Å². The van der Waals surface area contributed by atoms with Crippen LogP contribution in [0.25, 0.3) is 0 Å². The maximum atomic E-state index is 11.9. The number of nitrogens with one attached hydrogen (secondary N) is 2. The minimum absolute atomic E-state index is 0.0735. The van der Waals surface area contributed by atoms with Crippen molar-refractivity contribution in [3.8, 4) is 5.75 Å². The molecule has 1 heterocycles. The van der Waals surface area contributed by atoms with E-state index in [0.29, 0.717) is 18.0 Å². The van der Waals surface area contributed by atoms with E-state index < -0.39 is 0 Å². The van der Waals surface area contributed by atoms with Gasteiger partial charge in [0.2, 0.25) is 5.91 Å². The van der Waals surface area contributed by atoms with Crippen LogP contribution in [-0.4, -0.2) is 50.6 Å². The van der Waals surface area contributed by atoms with Crippen molar-refractivity contribution in [1.29, 1.82) is 0 Å². The molecule has 25 heavy (non-hydrogen) atoms. The number of hydrogen-bond donors (Lipinski definition) is 2. The Kier molecular flexibility index (Phi) is 8.91. The maximum absolute atomic E-state index is 11.9. The van der Waals surface area contributed by atoms with E-state index in [-0.39, 0.29) is 5.91 Å². The second kappa shape index (κ2) is 11.2. The summed E-state index contributed by atoms with van der Waals surface area (Å²) in [6.45, 7) is 4.79. The Morgan fingerprint density at radius 3 is 2.68 bits per heavy atom. The Morgan fingerprint density at radius 1 is 1.20 bits per heavy atom. The molecule has 1 aromatic rings. The third-order valence-electron chi connectivity index (χ3n) is 4.50. The second-order valence-electron chi connectivity index (χ2n) is 6.48. The Hall–Kier alpha value is -1.46. The molecule has 1 fully saturated rings. The van der Waals surface area contributed by atoms with Crippen LogP contribution in [0, 0.1) is 0 Å². The molecule has 0 bridgehead atoms. The molecule has 1 saturated heterocycles. The van der Waals surface area contributed by atoms with Gasteiger partial charge >= 0.3 is 0 Å². The normalized spacial score (nSPS) is 15.4. The van der Waals surface area contributed by atoms with Gasteiger partial charge < -0.3 is 20.3 Å². The molecule has 0 atom stereocenters. The number of methoxy groups -OCH3 is 1. The molecule has 1 amide bonds. The van der Waals surface area contributed by atoms with Crippen LogP contribution in [0.2, 0.25) is 5.02 Å². The number of rotatable bonds is 9. The fourth-order valence-corrected chi connectivity index (χ4v) is 3.28. The van der Waals surface area contributed by atoms with Gasteiger partial charge in [-0.3, -0.25) is 4.79 Å². The van der Waals surface area contributed by atoms with Crippen LogP contribution in [0.5, 0.6) is 5.75 Å². The van der Waals surface area contributed by atoms with E-state index >= 15 is 0 Å². The van der Waals surface area contributed by atoms with Crippen molar-refractivity contribution in [2.45, 2.75) is 38.5 Å². The fourth-order valence-electron chi connectivity index (χ4n) is 3.11. The van der Waals surface area contributed by atoms with Gasteiger partial charge in [0.25, 0.3) is 0 Å². The molecule has 2 N–H and O–H groups in total. The number of carbonyl (C=O) groups is 1. The van der Waals surface area contributed by atoms with Crippen molar-refractivity contribution in [2.24, 2.45) is 0 Å². The van der Waals surface area contributed by atoms with E-state index in [4.69, 9.17) is 16.3 Å². The smallest absolute Gasteiger partial charge is 0.221 e. The van der Waals surface area contributed by atoms with Crippen LogP contribution in [-0.2, 0) is 4.79 Å². The number of benzene rings is 1. The van der Waals surface area contributed by atoms with E-state index in [1.165, 1.54) is 38.8 Å². The largest absolute Gasteiger partial charge is 0.495 e. The molecular weight excluding hydrogens is 338 g/mol. The monoisotopic (exact) mass is 367 g/mol. The summed E-state index contributed by atoms with van der Waals surface area (Å²) in [5.41, 5.74) is 0.809. The lowest BCUT2D eigenvalue weighted by Gasteiger charge is -2.19. The third kappa shape index (κ3) is 7.53. The Bertz CT molecular complexity index is 531. The van der Waals surface area contributed by atoms with Crippen molar-refractivity contribution in [3.05, 3.63) is 23.2 Å². The van der Waals surface area contributed by atoms with Gasteiger partial charge in [0.1, 0.15) is 5.75 Å². The van der Waals surface area contributed by atoms with Crippen LogP contribution in [0.4, 0.5) is 5.69 Å². The predicted octanol–water partition coefficient (Wildman–Crippen LogP) is 3.53. The molecule has 6 heteroatoms. The minimum atomic E-state index is 0.0735. The lowest BCUT2D eigenvalue weighted by Crippen LogP contribution is -2.31. The molecule has 5 nitrogen and oxygen atoms in total. The highest BCUT2D eigenvalue weighted by Crippen LogP contribution is 2.27. The van der Waals surface area contributed by atoms with Gasteiger partial charge in [-0.2, -0.15) is 0 Å². The quantitative estimate of drug-likeness (QED) is 0.655. The summed E-state index contributed by atoms with van der Waals surface area (Å²) in [5.74, 6) is 0.798. The van der Waals surface area contributed by atoms with E-state index in [2.05, 4.69) is 15.5 Å². The molecular formula is C19H30ClN3O2. The average Bonchev–Trinajstić information content (AvgIpc) is 2.88. The van der Waals surface area contributed by atoms with Gasteiger partial charge in [0.15, 0.2) is 0 Å². The summed E-state index contributed by atoms with van der Waals surface area (Å²) in [7, 11) is 1.62. The Morgan fingerprint density at radius 2 is 1.96 bits per heavy atom. The van der Waals surface area contributed by atoms with Crippen molar-refractivity contribution in [2.75, 3.05) is 45.2 Å². The zero-order chi connectivity index (χ0) is 17.9. The first-order valence-electron chi connectivity index (χ1n) is 9.25. The van der Waals surface area contributed by atoms with Crippen molar-refractivity contribution in [1.82, 2.24) is 10.2 Å². The summed E-state index contributed by atoms with van der Waals surface area (Å²) in [4.78, 5) is 14.5. The number of halogens is 1. The van der Waals surface area contributed by atoms with Crippen molar-refractivity contribution in [3.63, 3.8) is 0 Å². The van der Waals surface area contributed by atoms with Crippen LogP contribution >= 0.6 is 11.6 Å². The lowest BCUT2D eigenvalue weighted by atomic mass is 10.2. The van der Waals surface area contributed by atoms with E-state index in [1.54, 1.807) is 19.2 Å². The molecule has 2 rings (SSSR count). The van der Waals surface area contributed by atoms with Gasteiger partial charge in [-0.25, -0.2) is 0 Å². The van der Waals surface area contributed by atoms with E-state index in [9.17, 15) is 4.79 Å². The highest BCUT2D eigenvalue weighted by molar-refractivity contribution is 6.30. The summed E-state index contributed by atoms with van der Waals surface area (Å²) < 4.78 is 5.28. The first-order valence-corrected chi connectivity index (χ1v) is 9.63. The van der Waals surface area contributed by atoms with Crippen molar-refractivity contribution >= 4 is 23.2 Å². The second-order valence-corrected chi connectivity index (χ2v) is 6.92. The Balaban J connectivity index is 1.58.